The molecule has 0 saturated carbocycles. The predicted molar refractivity (Wildman–Crippen MR) is 115 cm³/mol. The van der Waals surface area contributed by atoms with Crippen molar-refractivity contribution in [3.05, 3.63) is 106 Å². The van der Waals surface area contributed by atoms with Gasteiger partial charge in [0.05, 0.1) is 12.3 Å². The van der Waals surface area contributed by atoms with Crippen LogP contribution in [0.4, 0.5) is 8.78 Å². The number of rotatable bonds is 6. The molecule has 31 heavy (non-hydrogen) atoms. The molecule has 0 N–H and O–H groups in total. The Morgan fingerprint density at radius 3 is 2.52 bits per heavy atom. The fourth-order valence-corrected chi connectivity index (χ4v) is 3.75. The van der Waals surface area contributed by atoms with Gasteiger partial charge in [0.25, 0.3) is 5.91 Å². The zero-order valence-corrected chi connectivity index (χ0v) is 17.2. The average molecular weight is 441 g/mol. The van der Waals surface area contributed by atoms with Gasteiger partial charge in [0.2, 0.25) is 0 Å². The van der Waals surface area contributed by atoms with Crippen LogP contribution in [0.5, 0.6) is 0 Å². The molecule has 1 atom stereocenters. The largest absolute Gasteiger partial charge is 0.390 e. The van der Waals surface area contributed by atoms with Crippen molar-refractivity contribution in [2.75, 3.05) is 6.54 Å². The molecular formula is C24H19ClF2N2O2. The lowest BCUT2D eigenvalue weighted by atomic mass is 10.0. The molecule has 1 aliphatic heterocycles. The molecule has 0 radical (unpaired) electrons. The van der Waals surface area contributed by atoms with Gasteiger partial charge in [-0.25, -0.2) is 8.78 Å². The van der Waals surface area contributed by atoms with Gasteiger partial charge in [-0.2, -0.15) is 0 Å². The molecule has 1 heterocycles. The van der Waals surface area contributed by atoms with Crippen LogP contribution in [0.1, 0.15) is 27.9 Å². The molecular weight excluding hydrogens is 422 g/mol. The second-order valence-corrected chi connectivity index (χ2v) is 7.68. The SMILES string of the molecule is O=C(c1cccc(F)c1)N(Cc1cccc(F)c1)C[C@H]1CC(c2ccccc2Cl)=NO1. The zero-order chi connectivity index (χ0) is 21.8. The lowest BCUT2D eigenvalue weighted by Gasteiger charge is -2.25. The number of halogens is 3. The minimum absolute atomic E-state index is 0.147. The van der Waals surface area contributed by atoms with E-state index in [1.54, 1.807) is 24.3 Å². The summed E-state index contributed by atoms with van der Waals surface area (Å²) in [7, 11) is 0. The number of benzene rings is 3. The summed E-state index contributed by atoms with van der Waals surface area (Å²) in [6.45, 7) is 0.345. The molecule has 0 aliphatic carbocycles. The van der Waals surface area contributed by atoms with Crippen LogP contribution in [-0.2, 0) is 11.4 Å². The highest BCUT2D eigenvalue weighted by Crippen LogP contribution is 2.24. The Labute approximate surface area is 183 Å². The standard InChI is InChI=1S/C24H19ClF2N2O2/c25-22-10-2-1-9-21(22)23-13-20(31-28-23)15-29(14-16-5-3-7-18(26)11-16)24(30)17-6-4-8-19(27)12-17/h1-12,20H,13-15H2/t20-/m1/s1. The summed E-state index contributed by atoms with van der Waals surface area (Å²) in [4.78, 5) is 20.2. The van der Waals surface area contributed by atoms with E-state index in [9.17, 15) is 13.6 Å². The Morgan fingerprint density at radius 1 is 1.03 bits per heavy atom. The van der Waals surface area contributed by atoms with E-state index in [1.807, 2.05) is 18.2 Å². The number of hydrogen-bond acceptors (Lipinski definition) is 3. The lowest BCUT2D eigenvalue weighted by Crippen LogP contribution is -2.37. The Morgan fingerprint density at radius 2 is 1.77 bits per heavy atom. The van der Waals surface area contributed by atoms with E-state index < -0.39 is 17.7 Å². The zero-order valence-electron chi connectivity index (χ0n) is 16.5. The quantitative estimate of drug-likeness (QED) is 0.511. The fourth-order valence-electron chi connectivity index (χ4n) is 3.51. The maximum atomic E-state index is 13.7. The van der Waals surface area contributed by atoms with Crippen LogP contribution in [0, 0.1) is 11.6 Å². The summed E-state index contributed by atoms with van der Waals surface area (Å²) >= 11 is 6.25. The minimum Gasteiger partial charge on any atom is -0.390 e. The van der Waals surface area contributed by atoms with Crippen LogP contribution < -0.4 is 0 Å². The topological polar surface area (TPSA) is 41.9 Å². The van der Waals surface area contributed by atoms with Gasteiger partial charge in [0, 0.05) is 29.1 Å². The van der Waals surface area contributed by atoms with Gasteiger partial charge in [-0.05, 0) is 42.0 Å². The molecule has 158 valence electrons. The van der Waals surface area contributed by atoms with Gasteiger partial charge < -0.3 is 9.74 Å². The molecule has 4 nitrogen and oxygen atoms in total. The van der Waals surface area contributed by atoms with Crippen molar-refractivity contribution in [2.24, 2.45) is 5.16 Å². The predicted octanol–water partition coefficient (Wildman–Crippen LogP) is 5.45. The summed E-state index contributed by atoms with van der Waals surface area (Å²) in [5.41, 5.74) is 2.30. The fraction of sp³-hybridized carbons (Fsp3) is 0.167. The van der Waals surface area contributed by atoms with E-state index in [4.69, 9.17) is 16.4 Å². The smallest absolute Gasteiger partial charge is 0.254 e. The number of nitrogens with zero attached hydrogens (tertiary/aromatic N) is 2. The molecule has 0 aromatic heterocycles. The van der Waals surface area contributed by atoms with Crippen molar-refractivity contribution >= 4 is 23.2 Å². The third-order valence-corrected chi connectivity index (χ3v) is 5.29. The van der Waals surface area contributed by atoms with Crippen molar-refractivity contribution in [1.82, 2.24) is 4.90 Å². The third-order valence-electron chi connectivity index (χ3n) is 4.96. The van der Waals surface area contributed by atoms with Crippen LogP contribution in [0.3, 0.4) is 0 Å². The first kappa shape index (κ1) is 21.0. The van der Waals surface area contributed by atoms with E-state index in [0.29, 0.717) is 22.7 Å². The summed E-state index contributed by atoms with van der Waals surface area (Å²) in [6.07, 6.45) is 0.0529. The van der Waals surface area contributed by atoms with Crippen molar-refractivity contribution in [3.8, 4) is 0 Å². The number of hydrogen-bond donors (Lipinski definition) is 0. The van der Waals surface area contributed by atoms with Crippen LogP contribution in [-0.4, -0.2) is 29.2 Å². The average Bonchev–Trinajstić information content (AvgIpc) is 3.21. The van der Waals surface area contributed by atoms with E-state index in [1.165, 1.54) is 35.2 Å². The van der Waals surface area contributed by atoms with E-state index in [-0.39, 0.29) is 24.6 Å². The van der Waals surface area contributed by atoms with Crippen LogP contribution in [0.2, 0.25) is 5.02 Å². The molecule has 0 fully saturated rings. The van der Waals surface area contributed by atoms with E-state index in [2.05, 4.69) is 5.16 Å². The normalized spacial score (nSPS) is 15.3. The van der Waals surface area contributed by atoms with Gasteiger partial charge in [0.1, 0.15) is 11.6 Å². The van der Waals surface area contributed by atoms with Gasteiger partial charge in [-0.15, -0.1) is 0 Å². The Hall–Kier alpha value is -3.25. The summed E-state index contributed by atoms with van der Waals surface area (Å²) in [5, 5.41) is 4.71. The third kappa shape index (κ3) is 5.09. The van der Waals surface area contributed by atoms with Crippen molar-refractivity contribution < 1.29 is 18.4 Å². The van der Waals surface area contributed by atoms with E-state index in [0.717, 1.165) is 5.56 Å². The molecule has 7 heteroatoms. The van der Waals surface area contributed by atoms with E-state index >= 15 is 0 Å². The second kappa shape index (κ2) is 9.27. The van der Waals surface area contributed by atoms with Gasteiger partial charge >= 0.3 is 0 Å². The van der Waals surface area contributed by atoms with Crippen molar-refractivity contribution in [1.29, 1.82) is 0 Å². The van der Waals surface area contributed by atoms with Crippen LogP contribution in [0.15, 0.2) is 78.0 Å². The Balaban J connectivity index is 1.53. The molecule has 1 aliphatic rings. The first-order chi connectivity index (χ1) is 15.0. The van der Waals surface area contributed by atoms with Gasteiger partial charge in [-0.3, -0.25) is 4.79 Å². The highest BCUT2D eigenvalue weighted by atomic mass is 35.5. The van der Waals surface area contributed by atoms with Gasteiger partial charge in [0.15, 0.2) is 6.10 Å². The Bertz CT molecular complexity index is 1140. The maximum Gasteiger partial charge on any atom is 0.254 e. The first-order valence-electron chi connectivity index (χ1n) is 9.76. The number of oxime groups is 1. The molecule has 3 aromatic carbocycles. The molecule has 3 aromatic rings. The highest BCUT2D eigenvalue weighted by Gasteiger charge is 2.28. The summed E-state index contributed by atoms with van der Waals surface area (Å²) < 4.78 is 27.3. The maximum absolute atomic E-state index is 13.7. The molecule has 0 bridgehead atoms. The monoisotopic (exact) mass is 440 g/mol. The molecule has 4 rings (SSSR count). The molecule has 0 spiro atoms. The Kier molecular flexibility index (Phi) is 6.28. The molecule has 1 amide bonds. The summed E-state index contributed by atoms with van der Waals surface area (Å²) in [5.74, 6) is -1.27. The van der Waals surface area contributed by atoms with Gasteiger partial charge in [-0.1, -0.05) is 53.2 Å². The summed E-state index contributed by atoms with van der Waals surface area (Å²) in [6, 6.07) is 18.8. The number of carbonyl (C=O) groups is 1. The van der Waals surface area contributed by atoms with Crippen molar-refractivity contribution in [2.45, 2.75) is 19.1 Å². The van der Waals surface area contributed by atoms with Crippen LogP contribution in [0.25, 0.3) is 0 Å². The lowest BCUT2D eigenvalue weighted by molar-refractivity contribution is 0.0404. The second-order valence-electron chi connectivity index (χ2n) is 7.28. The number of amides is 1. The van der Waals surface area contributed by atoms with Crippen molar-refractivity contribution in [3.63, 3.8) is 0 Å². The number of carbonyl (C=O) groups excluding carboxylic acids is 1. The highest BCUT2D eigenvalue weighted by molar-refractivity contribution is 6.34. The molecule has 0 saturated heterocycles. The first-order valence-corrected chi connectivity index (χ1v) is 10.1. The van der Waals surface area contributed by atoms with Crippen LogP contribution >= 0.6 is 11.6 Å². The molecule has 0 unspecified atom stereocenters. The minimum atomic E-state index is -0.502.